The van der Waals surface area contributed by atoms with Gasteiger partial charge in [-0.25, -0.2) is 0 Å². The molecular formula is C2H8BIS. The normalized spacial score (nSPS) is 4.60. The average Bonchev–Trinajstić information content (AvgIpc) is 1.46. The zero-order chi connectivity index (χ0) is 4.71. The van der Waals surface area contributed by atoms with Crippen LogP contribution >= 0.6 is 34.1 Å². The van der Waals surface area contributed by atoms with Gasteiger partial charge in [0.15, 0.2) is 5.70 Å². The van der Waals surface area contributed by atoms with E-state index in [4.69, 9.17) is 0 Å². The molecular weight excluding hydrogens is 194 g/mol. The first-order chi connectivity index (χ1) is 2.41. The van der Waals surface area contributed by atoms with Crippen molar-refractivity contribution < 1.29 is 0 Å². The molecule has 0 unspecified atom stereocenters. The highest BCUT2D eigenvalue weighted by molar-refractivity contribution is 14.1. The van der Waals surface area contributed by atoms with Crippen molar-refractivity contribution in [2.75, 3.05) is 12.5 Å². The zero-order valence-corrected chi connectivity index (χ0v) is 6.76. The maximum Gasteiger partial charge on any atom is 0.181 e. The molecule has 0 heterocycles. The quantitative estimate of drug-likeness (QED) is 0.416. The van der Waals surface area contributed by atoms with E-state index in [2.05, 4.69) is 22.4 Å². The third-order valence-corrected chi connectivity index (χ3v) is 0. The first-order valence-electron chi connectivity index (χ1n) is 1.19. The van der Waals surface area contributed by atoms with Gasteiger partial charge in [-0.1, -0.05) is 0 Å². The summed E-state index contributed by atoms with van der Waals surface area (Å²) < 4.78 is 0. The van der Waals surface area contributed by atoms with Crippen LogP contribution in [0.15, 0.2) is 0 Å². The van der Waals surface area contributed by atoms with Crippen molar-refractivity contribution in [2.24, 2.45) is 0 Å². The average molecular weight is 202 g/mol. The van der Waals surface area contributed by atoms with Gasteiger partial charge in [-0.2, -0.15) is 34.1 Å². The summed E-state index contributed by atoms with van der Waals surface area (Å²) in [5, 5.41) is 0. The van der Waals surface area contributed by atoms with Crippen molar-refractivity contribution in [3.8, 4) is 0 Å². The van der Waals surface area contributed by atoms with Gasteiger partial charge in [-0.3, -0.25) is 0 Å². The minimum atomic E-state index is 1.75. The van der Waals surface area contributed by atoms with Crippen LogP contribution in [0.1, 0.15) is 0 Å². The van der Waals surface area contributed by atoms with Gasteiger partial charge < -0.3 is 0 Å². The summed E-state index contributed by atoms with van der Waals surface area (Å²) in [6, 6.07) is 0. The van der Waals surface area contributed by atoms with E-state index in [0.29, 0.717) is 0 Å². The molecule has 0 aromatic carbocycles. The van der Waals surface area contributed by atoms with E-state index in [-0.39, 0.29) is 0 Å². The molecule has 0 aromatic heterocycles. The Balaban J connectivity index is 0. The van der Waals surface area contributed by atoms with Gasteiger partial charge in [0.1, 0.15) is 0 Å². The van der Waals surface area contributed by atoms with Crippen LogP contribution < -0.4 is 0 Å². The number of halogens is 1. The predicted molar refractivity (Wildman–Crippen MR) is 42.0 cm³/mol. The van der Waals surface area contributed by atoms with E-state index in [1.165, 1.54) is 0 Å². The highest BCUT2D eigenvalue weighted by Gasteiger charge is 1.32. The molecule has 32 valence electrons. The van der Waals surface area contributed by atoms with Gasteiger partial charge in [-0.15, -0.1) is 0 Å². The SMILES string of the molecule is BI.CSC. The van der Waals surface area contributed by atoms with Gasteiger partial charge in [0.05, 0.1) is 0 Å². The van der Waals surface area contributed by atoms with E-state index in [1.807, 2.05) is 18.2 Å². The molecule has 0 spiro atoms. The van der Waals surface area contributed by atoms with E-state index in [9.17, 15) is 0 Å². The lowest BCUT2D eigenvalue weighted by Crippen LogP contribution is -1.25. The molecule has 0 bridgehead atoms. The molecule has 0 saturated heterocycles. The molecule has 5 heavy (non-hydrogen) atoms. The van der Waals surface area contributed by atoms with Crippen LogP contribution in [0.5, 0.6) is 0 Å². The number of thioether (sulfide) groups is 1. The maximum atomic E-state index is 2.15. The molecule has 0 aromatic rings. The van der Waals surface area contributed by atoms with Crippen molar-refractivity contribution in [3.05, 3.63) is 0 Å². The van der Waals surface area contributed by atoms with E-state index in [1.54, 1.807) is 11.8 Å². The van der Waals surface area contributed by atoms with Crippen molar-refractivity contribution in [2.45, 2.75) is 0 Å². The molecule has 0 radical (unpaired) electrons. The first-order valence-corrected chi connectivity index (χ1v) is 4.98. The molecule has 0 saturated carbocycles. The Morgan fingerprint density at radius 3 is 1.40 bits per heavy atom. The molecule has 0 aliphatic heterocycles. The fraction of sp³-hybridized carbons (Fsp3) is 1.00. The van der Waals surface area contributed by atoms with Crippen LogP contribution in [-0.2, 0) is 0 Å². The van der Waals surface area contributed by atoms with Gasteiger partial charge in [0, 0.05) is 0 Å². The summed E-state index contributed by atoms with van der Waals surface area (Å²) in [5.41, 5.74) is 1.97. The summed E-state index contributed by atoms with van der Waals surface area (Å²) >= 11 is 3.90. The Hall–Kier alpha value is 1.14. The Labute approximate surface area is 52.4 Å². The van der Waals surface area contributed by atoms with Crippen LogP contribution in [0.4, 0.5) is 0 Å². The maximum absolute atomic E-state index is 2.15. The Kier molecular flexibility index (Phi) is 36.4. The summed E-state index contributed by atoms with van der Waals surface area (Å²) in [4.78, 5) is 0. The molecule has 0 nitrogen and oxygen atoms in total. The standard InChI is InChI=1S/C2H6S.BH2I/c1-3-2;1-2/h1-2H3;1H2. The molecule has 0 aliphatic carbocycles. The van der Waals surface area contributed by atoms with E-state index in [0.717, 1.165) is 0 Å². The number of rotatable bonds is 0. The molecule has 0 aliphatic rings. The fourth-order valence-electron chi connectivity index (χ4n) is 0. The second-order valence-electron chi connectivity index (χ2n) is 0.408. The lowest BCUT2D eigenvalue weighted by atomic mass is 10.8. The molecule has 0 atom stereocenters. The summed E-state index contributed by atoms with van der Waals surface area (Å²) in [6.07, 6.45) is 4.08. The minimum Gasteiger partial charge on any atom is -0.169 e. The minimum absolute atomic E-state index is 1.75. The summed E-state index contributed by atoms with van der Waals surface area (Å²) in [5.74, 6) is 0. The van der Waals surface area contributed by atoms with Crippen molar-refractivity contribution >= 4 is 39.8 Å². The topological polar surface area (TPSA) is 0 Å². The van der Waals surface area contributed by atoms with Crippen LogP contribution in [0.3, 0.4) is 0 Å². The summed E-state index contributed by atoms with van der Waals surface area (Å²) in [6.45, 7) is 0. The van der Waals surface area contributed by atoms with Gasteiger partial charge >= 0.3 is 0 Å². The third kappa shape index (κ3) is 38.8. The van der Waals surface area contributed by atoms with Crippen molar-refractivity contribution in [3.63, 3.8) is 0 Å². The van der Waals surface area contributed by atoms with Gasteiger partial charge in [-0.05, 0) is 12.5 Å². The third-order valence-electron chi connectivity index (χ3n) is 0. The second-order valence-corrected chi connectivity index (χ2v) is 1.22. The monoisotopic (exact) mass is 202 g/mol. The summed E-state index contributed by atoms with van der Waals surface area (Å²) in [7, 11) is 0. The zero-order valence-electron chi connectivity index (χ0n) is 3.79. The van der Waals surface area contributed by atoms with Crippen molar-refractivity contribution in [1.29, 1.82) is 0 Å². The number of hydrogen-bond acceptors (Lipinski definition) is 1. The van der Waals surface area contributed by atoms with Crippen LogP contribution in [0.2, 0.25) is 0 Å². The predicted octanol–water partition coefficient (Wildman–Crippen LogP) is 0.949. The Bertz CT molecular complexity index is 9.61. The van der Waals surface area contributed by atoms with Gasteiger partial charge in [0.25, 0.3) is 0 Å². The van der Waals surface area contributed by atoms with Crippen LogP contribution in [0.25, 0.3) is 0 Å². The lowest BCUT2D eigenvalue weighted by Gasteiger charge is -1.51. The molecule has 3 heteroatoms. The highest BCUT2D eigenvalue weighted by atomic mass is 127. The highest BCUT2D eigenvalue weighted by Crippen LogP contribution is 1.70. The van der Waals surface area contributed by atoms with E-state index < -0.39 is 0 Å². The first kappa shape index (κ1) is 9.47. The van der Waals surface area contributed by atoms with Crippen LogP contribution in [0, 0.1) is 0 Å². The van der Waals surface area contributed by atoms with Crippen LogP contribution in [-0.4, -0.2) is 18.2 Å². The van der Waals surface area contributed by atoms with E-state index >= 15 is 0 Å². The Morgan fingerprint density at radius 1 is 1.40 bits per heavy atom. The Morgan fingerprint density at radius 2 is 1.40 bits per heavy atom. The largest absolute Gasteiger partial charge is 0.181 e. The molecule has 0 rings (SSSR count). The molecule has 0 N–H and O–H groups in total. The smallest absolute Gasteiger partial charge is 0.169 e. The van der Waals surface area contributed by atoms with Gasteiger partial charge in [0.2, 0.25) is 0 Å². The van der Waals surface area contributed by atoms with Crippen molar-refractivity contribution in [1.82, 2.24) is 0 Å². The molecule has 0 fully saturated rings. The lowest BCUT2D eigenvalue weighted by molar-refractivity contribution is 2.37. The fourth-order valence-corrected chi connectivity index (χ4v) is 0. The number of hydrogen-bond donors (Lipinski definition) is 0. The second kappa shape index (κ2) is 19.2. The molecule has 0 amide bonds.